The van der Waals surface area contributed by atoms with Crippen molar-refractivity contribution in [3.8, 4) is 0 Å². The summed E-state index contributed by atoms with van der Waals surface area (Å²) in [6.07, 6.45) is -8.10. The van der Waals surface area contributed by atoms with Crippen molar-refractivity contribution in [3.05, 3.63) is 69.8 Å². The van der Waals surface area contributed by atoms with Gasteiger partial charge in [0.25, 0.3) is 11.1 Å². The molecule has 2 fully saturated rings. The highest BCUT2D eigenvalue weighted by atomic mass is 32.2. The quantitative estimate of drug-likeness (QED) is 0.244. The topological polar surface area (TPSA) is 58.4 Å². The molecule has 2 aliphatic heterocycles. The lowest BCUT2D eigenvalue weighted by molar-refractivity contribution is -0.143. The molecular weight excluding hydrogens is 577 g/mol. The molecule has 5 rings (SSSR count). The molecule has 2 saturated heterocycles. The van der Waals surface area contributed by atoms with E-state index in [4.69, 9.17) is 0 Å². The van der Waals surface area contributed by atoms with Gasteiger partial charge in [-0.1, -0.05) is 19.1 Å². The van der Waals surface area contributed by atoms with Gasteiger partial charge in [-0.05, 0) is 66.2 Å². The number of carbonyl (C=O) groups is 2. The lowest BCUT2D eigenvalue weighted by Gasteiger charge is -2.37. The molecule has 2 aliphatic rings. The average Bonchev–Trinajstić information content (AvgIpc) is 3.42. The fraction of sp³-hybridized carbons (Fsp3) is 0.370. The molecule has 2 amide bonds. The molecule has 0 aliphatic carbocycles. The number of carbonyl (C=O) groups excluding carboxylic acids is 2. The van der Waals surface area contributed by atoms with Gasteiger partial charge in [0.2, 0.25) is 0 Å². The standard InChI is InChI=1S/C27H23F7N4O2S/c1-2-36-8-7-22(20(28)14-36)38-24(39)23(41-25(38)40)10-15-3-6-21-17(9-15)12-35-37(21)13-16-4-5-18(26(29,30)31)11-19(16)27(32,33)34/h3-6,9-12,20,22H,2,7-8,13-14H2,1H3. The minimum absolute atomic E-state index is 0.0877. The summed E-state index contributed by atoms with van der Waals surface area (Å²) < 4.78 is 95.8. The van der Waals surface area contributed by atoms with Crippen molar-refractivity contribution in [1.82, 2.24) is 19.6 Å². The Bertz CT molecular complexity index is 1530. The van der Waals surface area contributed by atoms with Crippen LogP contribution in [0.5, 0.6) is 0 Å². The molecule has 3 aromatic rings. The van der Waals surface area contributed by atoms with Crippen molar-refractivity contribution >= 4 is 39.9 Å². The minimum Gasteiger partial charge on any atom is -0.301 e. The first-order valence-electron chi connectivity index (χ1n) is 12.6. The number of halogens is 7. The van der Waals surface area contributed by atoms with Gasteiger partial charge < -0.3 is 4.90 Å². The maximum atomic E-state index is 14.8. The number of imide groups is 1. The van der Waals surface area contributed by atoms with E-state index in [1.807, 2.05) is 11.8 Å². The van der Waals surface area contributed by atoms with Crippen molar-refractivity contribution in [2.75, 3.05) is 19.6 Å². The SMILES string of the molecule is CCN1CCC(N2C(=O)SC(=Cc3ccc4c(cnn4Cc4ccc(C(F)(F)F)cc4C(F)(F)F)c3)C2=O)C(F)C1. The van der Waals surface area contributed by atoms with E-state index in [0.29, 0.717) is 53.8 Å². The smallest absolute Gasteiger partial charge is 0.301 e. The van der Waals surface area contributed by atoms with Crippen LogP contribution in [0.4, 0.5) is 35.5 Å². The van der Waals surface area contributed by atoms with E-state index in [9.17, 15) is 40.3 Å². The number of piperidine rings is 1. The lowest BCUT2D eigenvalue weighted by Crippen LogP contribution is -2.53. The van der Waals surface area contributed by atoms with Crippen molar-refractivity contribution in [3.63, 3.8) is 0 Å². The summed E-state index contributed by atoms with van der Waals surface area (Å²) in [5.41, 5.74) is -2.28. The maximum Gasteiger partial charge on any atom is 0.416 e. The predicted octanol–water partition coefficient (Wildman–Crippen LogP) is 6.59. The molecule has 0 bridgehead atoms. The van der Waals surface area contributed by atoms with Gasteiger partial charge in [0.1, 0.15) is 6.17 Å². The number of aromatic nitrogens is 2. The van der Waals surface area contributed by atoms with Crippen molar-refractivity contribution < 1.29 is 40.3 Å². The summed E-state index contributed by atoms with van der Waals surface area (Å²) in [6.45, 7) is 2.85. The second-order valence-corrected chi connectivity index (χ2v) is 10.8. The highest BCUT2D eigenvalue weighted by Gasteiger charge is 2.45. The summed E-state index contributed by atoms with van der Waals surface area (Å²) in [5.74, 6) is -0.588. The second-order valence-electron chi connectivity index (χ2n) is 9.80. The van der Waals surface area contributed by atoms with Gasteiger partial charge in [-0.25, -0.2) is 4.39 Å². The number of amides is 2. The van der Waals surface area contributed by atoms with Crippen LogP contribution < -0.4 is 0 Å². The molecule has 1 aromatic heterocycles. The van der Waals surface area contributed by atoms with Crippen LogP contribution in [0.2, 0.25) is 0 Å². The monoisotopic (exact) mass is 600 g/mol. The molecule has 2 aromatic carbocycles. The van der Waals surface area contributed by atoms with E-state index in [-0.39, 0.29) is 23.1 Å². The molecule has 2 atom stereocenters. The third kappa shape index (κ3) is 5.85. The van der Waals surface area contributed by atoms with Gasteiger partial charge in [0.15, 0.2) is 0 Å². The molecule has 41 heavy (non-hydrogen) atoms. The van der Waals surface area contributed by atoms with Crippen molar-refractivity contribution in [1.29, 1.82) is 0 Å². The Morgan fingerprint density at radius 3 is 2.46 bits per heavy atom. The number of nitrogens with zero attached hydrogens (tertiary/aromatic N) is 4. The highest BCUT2D eigenvalue weighted by Crippen LogP contribution is 2.39. The number of hydrogen-bond acceptors (Lipinski definition) is 5. The van der Waals surface area contributed by atoms with Crippen LogP contribution in [0.1, 0.15) is 35.6 Å². The maximum absolute atomic E-state index is 14.8. The highest BCUT2D eigenvalue weighted by molar-refractivity contribution is 8.18. The number of likely N-dealkylation sites (tertiary alicyclic amines) is 1. The van der Waals surface area contributed by atoms with Crippen LogP contribution in [0.15, 0.2) is 47.5 Å². The first kappa shape index (κ1) is 29.1. The van der Waals surface area contributed by atoms with Crippen molar-refractivity contribution in [2.45, 2.75) is 44.5 Å². The molecule has 14 heteroatoms. The Hall–Kier alpha value is -3.39. The Kier molecular flexibility index (Phi) is 7.66. The summed E-state index contributed by atoms with van der Waals surface area (Å²) in [7, 11) is 0. The fourth-order valence-electron chi connectivity index (χ4n) is 5.09. The molecular formula is C27H23F7N4O2S. The van der Waals surface area contributed by atoms with Gasteiger partial charge in [-0.3, -0.25) is 19.2 Å². The Balaban J connectivity index is 1.38. The summed E-state index contributed by atoms with van der Waals surface area (Å²) >= 11 is 0.709. The van der Waals surface area contributed by atoms with E-state index < -0.39 is 53.4 Å². The number of hydrogen-bond donors (Lipinski definition) is 0. The van der Waals surface area contributed by atoms with E-state index in [0.717, 1.165) is 11.0 Å². The zero-order valence-corrected chi connectivity index (χ0v) is 22.3. The Labute approximate surface area is 233 Å². The summed E-state index contributed by atoms with van der Waals surface area (Å²) in [5, 5.41) is 4.05. The third-order valence-electron chi connectivity index (χ3n) is 7.22. The Morgan fingerprint density at radius 2 is 1.80 bits per heavy atom. The minimum atomic E-state index is -5.01. The van der Waals surface area contributed by atoms with Crippen LogP contribution in [0.3, 0.4) is 0 Å². The lowest BCUT2D eigenvalue weighted by atomic mass is 10.0. The summed E-state index contributed by atoms with van der Waals surface area (Å²) in [4.78, 5) is 28.7. The molecule has 0 spiro atoms. The molecule has 0 N–H and O–H groups in total. The molecule has 2 unspecified atom stereocenters. The number of fused-ring (bicyclic) bond motifs is 1. The largest absolute Gasteiger partial charge is 0.416 e. The first-order chi connectivity index (χ1) is 19.3. The summed E-state index contributed by atoms with van der Waals surface area (Å²) in [6, 6.07) is 5.37. The Morgan fingerprint density at radius 1 is 1.05 bits per heavy atom. The molecule has 0 saturated carbocycles. The van der Waals surface area contributed by atoms with Gasteiger partial charge in [-0.2, -0.15) is 31.4 Å². The normalized spacial score (nSPS) is 22.0. The van der Waals surface area contributed by atoms with E-state index in [1.54, 1.807) is 18.2 Å². The van der Waals surface area contributed by atoms with E-state index in [2.05, 4.69) is 5.10 Å². The second kappa shape index (κ2) is 10.8. The first-order valence-corrected chi connectivity index (χ1v) is 13.4. The van der Waals surface area contributed by atoms with E-state index >= 15 is 0 Å². The third-order valence-corrected chi connectivity index (χ3v) is 8.10. The zero-order valence-electron chi connectivity index (χ0n) is 21.5. The molecule has 6 nitrogen and oxygen atoms in total. The fourth-order valence-corrected chi connectivity index (χ4v) is 5.97. The zero-order chi connectivity index (χ0) is 29.7. The number of alkyl halides is 7. The molecule has 218 valence electrons. The number of thioether (sulfide) groups is 1. The predicted molar refractivity (Wildman–Crippen MR) is 139 cm³/mol. The van der Waals surface area contributed by atoms with Gasteiger partial charge in [0.05, 0.1) is 40.3 Å². The van der Waals surface area contributed by atoms with Gasteiger partial charge >= 0.3 is 12.4 Å². The molecule has 3 heterocycles. The van der Waals surface area contributed by atoms with Crippen molar-refractivity contribution in [2.24, 2.45) is 0 Å². The van der Waals surface area contributed by atoms with Crippen LogP contribution in [-0.2, 0) is 23.7 Å². The van der Waals surface area contributed by atoms with Crippen LogP contribution in [-0.4, -0.2) is 62.6 Å². The van der Waals surface area contributed by atoms with Crippen LogP contribution in [0, 0.1) is 0 Å². The number of benzene rings is 2. The van der Waals surface area contributed by atoms with Gasteiger partial charge in [0, 0.05) is 18.5 Å². The van der Waals surface area contributed by atoms with E-state index in [1.165, 1.54) is 17.0 Å². The van der Waals surface area contributed by atoms with Crippen LogP contribution in [0.25, 0.3) is 17.0 Å². The molecule has 0 radical (unpaired) electrons. The average molecular weight is 601 g/mol. The van der Waals surface area contributed by atoms with Crippen LogP contribution >= 0.6 is 11.8 Å². The van der Waals surface area contributed by atoms with Gasteiger partial charge in [-0.15, -0.1) is 0 Å². The number of rotatable bonds is 5.